The van der Waals surface area contributed by atoms with Crippen LogP contribution in [0.15, 0.2) is 24.3 Å². The van der Waals surface area contributed by atoms with Crippen LogP contribution in [0.1, 0.15) is 37.0 Å². The number of carbonyl (C=O) groups excluding carboxylic acids is 1. The van der Waals surface area contributed by atoms with Crippen LogP contribution in [0.5, 0.6) is 0 Å². The maximum Gasteiger partial charge on any atom is 0.225 e. The van der Waals surface area contributed by atoms with Crippen LogP contribution in [0.25, 0.3) is 0 Å². The Morgan fingerprint density at radius 1 is 1.35 bits per heavy atom. The summed E-state index contributed by atoms with van der Waals surface area (Å²) < 4.78 is 1.97. The van der Waals surface area contributed by atoms with Crippen molar-refractivity contribution in [1.29, 1.82) is 0 Å². The minimum atomic E-state index is -0.0657. The van der Waals surface area contributed by atoms with Gasteiger partial charge in [-0.3, -0.25) is 4.79 Å². The highest BCUT2D eigenvalue weighted by Gasteiger charge is 2.27. The molecule has 2 heterocycles. The van der Waals surface area contributed by atoms with E-state index in [9.17, 15) is 4.79 Å². The molecule has 2 aromatic rings. The first kappa shape index (κ1) is 18.9. The van der Waals surface area contributed by atoms with Gasteiger partial charge in [0.05, 0.1) is 0 Å². The van der Waals surface area contributed by atoms with Gasteiger partial charge in [-0.05, 0) is 50.7 Å². The third-order valence-corrected chi connectivity index (χ3v) is 5.50. The van der Waals surface area contributed by atoms with E-state index in [-0.39, 0.29) is 11.8 Å². The quantitative estimate of drug-likeness (QED) is 0.802. The first-order valence-electron chi connectivity index (χ1n) is 9.34. The van der Waals surface area contributed by atoms with E-state index in [4.69, 9.17) is 11.6 Å². The van der Waals surface area contributed by atoms with Crippen molar-refractivity contribution >= 4 is 17.5 Å². The first-order valence-corrected chi connectivity index (χ1v) is 9.72. The Kier molecular flexibility index (Phi) is 5.97. The van der Waals surface area contributed by atoms with Gasteiger partial charge in [0.1, 0.15) is 11.6 Å². The fraction of sp³-hybridized carbons (Fsp3) is 0.550. The highest BCUT2D eigenvalue weighted by Crippen LogP contribution is 2.23. The van der Waals surface area contributed by atoms with E-state index < -0.39 is 0 Å². The van der Waals surface area contributed by atoms with Crippen molar-refractivity contribution in [2.24, 2.45) is 11.8 Å². The number of aryl methyl sites for hydroxylation is 2. The fourth-order valence-electron chi connectivity index (χ4n) is 3.79. The van der Waals surface area contributed by atoms with Crippen LogP contribution in [0, 0.1) is 25.7 Å². The van der Waals surface area contributed by atoms with Gasteiger partial charge in [0.15, 0.2) is 0 Å². The van der Waals surface area contributed by atoms with Crippen molar-refractivity contribution in [3.05, 3.63) is 46.5 Å². The largest absolute Gasteiger partial charge is 0.342 e. The van der Waals surface area contributed by atoms with Crippen LogP contribution in [0.4, 0.5) is 0 Å². The van der Waals surface area contributed by atoms with Crippen LogP contribution < -0.4 is 0 Å². The molecule has 3 rings (SSSR count). The molecule has 1 aliphatic heterocycles. The normalized spacial score (nSPS) is 18.8. The average molecular weight is 375 g/mol. The Morgan fingerprint density at radius 3 is 2.81 bits per heavy atom. The van der Waals surface area contributed by atoms with Gasteiger partial charge >= 0.3 is 0 Å². The van der Waals surface area contributed by atoms with Crippen LogP contribution in [-0.2, 0) is 17.8 Å². The summed E-state index contributed by atoms with van der Waals surface area (Å²) in [5.41, 5.74) is 1.04. The molecule has 0 saturated carbocycles. The van der Waals surface area contributed by atoms with E-state index in [2.05, 4.69) is 10.1 Å². The van der Waals surface area contributed by atoms with E-state index in [0.717, 1.165) is 54.7 Å². The van der Waals surface area contributed by atoms with Crippen LogP contribution >= 0.6 is 11.6 Å². The maximum atomic E-state index is 12.9. The zero-order valence-electron chi connectivity index (χ0n) is 15.8. The lowest BCUT2D eigenvalue weighted by atomic mass is 9.94. The number of amides is 1. The second-order valence-corrected chi connectivity index (χ2v) is 7.78. The fourth-order valence-corrected chi connectivity index (χ4v) is 4.00. The Bertz CT molecular complexity index is 773. The molecule has 0 aliphatic carbocycles. The Balaban J connectivity index is 1.60. The summed E-state index contributed by atoms with van der Waals surface area (Å²) in [5, 5.41) is 5.20. The molecule has 140 valence electrons. The van der Waals surface area contributed by atoms with Crippen LogP contribution in [-0.4, -0.2) is 38.7 Å². The van der Waals surface area contributed by atoms with Crippen molar-refractivity contribution in [3.8, 4) is 0 Å². The molecule has 2 atom stereocenters. The summed E-state index contributed by atoms with van der Waals surface area (Å²) in [6, 6.07) is 7.77. The molecule has 26 heavy (non-hydrogen) atoms. The van der Waals surface area contributed by atoms with Crippen molar-refractivity contribution in [2.45, 2.75) is 46.6 Å². The van der Waals surface area contributed by atoms with E-state index in [0.29, 0.717) is 12.3 Å². The zero-order valence-corrected chi connectivity index (χ0v) is 16.5. The molecule has 0 spiro atoms. The Morgan fingerprint density at radius 2 is 2.12 bits per heavy atom. The molecular formula is C20H27ClN4O. The van der Waals surface area contributed by atoms with Gasteiger partial charge in [0, 0.05) is 30.6 Å². The van der Waals surface area contributed by atoms with Crippen molar-refractivity contribution in [3.63, 3.8) is 0 Å². The lowest BCUT2D eigenvalue weighted by molar-refractivity contribution is -0.136. The minimum absolute atomic E-state index is 0.0657. The molecule has 1 aromatic heterocycles. The first-order chi connectivity index (χ1) is 12.4. The van der Waals surface area contributed by atoms with Gasteiger partial charge in [0.25, 0.3) is 0 Å². The number of halogens is 1. The van der Waals surface area contributed by atoms with Crippen molar-refractivity contribution in [2.75, 3.05) is 13.1 Å². The van der Waals surface area contributed by atoms with Gasteiger partial charge in [-0.15, -0.1) is 0 Å². The molecule has 0 bridgehead atoms. The number of hydrogen-bond donors (Lipinski definition) is 0. The number of rotatable bonds is 5. The molecule has 1 saturated heterocycles. The van der Waals surface area contributed by atoms with E-state index in [1.807, 2.05) is 54.6 Å². The predicted molar refractivity (Wildman–Crippen MR) is 103 cm³/mol. The van der Waals surface area contributed by atoms with Gasteiger partial charge in [-0.1, -0.05) is 36.7 Å². The minimum Gasteiger partial charge on any atom is -0.342 e. The lowest BCUT2D eigenvalue weighted by Crippen LogP contribution is -2.44. The van der Waals surface area contributed by atoms with E-state index >= 15 is 0 Å². The van der Waals surface area contributed by atoms with E-state index in [1.165, 1.54) is 0 Å². The van der Waals surface area contributed by atoms with Gasteiger partial charge < -0.3 is 4.90 Å². The van der Waals surface area contributed by atoms with Crippen LogP contribution in [0.3, 0.4) is 0 Å². The molecule has 6 heteroatoms. The molecular weight excluding hydrogens is 348 g/mol. The number of nitrogens with zero attached hydrogens (tertiary/aromatic N) is 4. The molecule has 1 fully saturated rings. The van der Waals surface area contributed by atoms with Gasteiger partial charge in [0.2, 0.25) is 5.91 Å². The smallest absolute Gasteiger partial charge is 0.225 e. The summed E-state index contributed by atoms with van der Waals surface area (Å²) in [6.45, 7) is 8.37. The summed E-state index contributed by atoms with van der Waals surface area (Å²) >= 11 is 6.25. The average Bonchev–Trinajstić information content (AvgIpc) is 2.93. The second kappa shape index (κ2) is 8.21. The molecule has 5 nitrogen and oxygen atoms in total. The number of carbonyl (C=O) groups is 1. The van der Waals surface area contributed by atoms with Crippen molar-refractivity contribution < 1.29 is 4.79 Å². The monoisotopic (exact) mass is 374 g/mol. The number of piperidine rings is 1. The summed E-state index contributed by atoms with van der Waals surface area (Å²) in [6.07, 6.45) is 2.85. The Labute approximate surface area is 160 Å². The number of hydrogen-bond acceptors (Lipinski definition) is 3. The highest BCUT2D eigenvalue weighted by molar-refractivity contribution is 6.31. The maximum absolute atomic E-state index is 12.9. The van der Waals surface area contributed by atoms with Crippen LogP contribution in [0.2, 0.25) is 5.02 Å². The number of benzene rings is 1. The Hall–Kier alpha value is -1.88. The number of aromatic nitrogens is 3. The third kappa shape index (κ3) is 4.44. The zero-order chi connectivity index (χ0) is 18.7. The summed E-state index contributed by atoms with van der Waals surface area (Å²) in [7, 11) is 0. The second-order valence-electron chi connectivity index (χ2n) is 7.38. The predicted octanol–water partition coefficient (Wildman–Crippen LogP) is 3.67. The molecule has 0 N–H and O–H groups in total. The molecule has 1 aliphatic rings. The highest BCUT2D eigenvalue weighted by atomic mass is 35.5. The van der Waals surface area contributed by atoms with Gasteiger partial charge in [-0.2, -0.15) is 5.10 Å². The molecule has 0 radical (unpaired) electrons. The summed E-state index contributed by atoms with van der Waals surface area (Å²) in [5.74, 6) is 2.34. The van der Waals surface area contributed by atoms with Gasteiger partial charge in [-0.25, -0.2) is 9.67 Å². The summed E-state index contributed by atoms with van der Waals surface area (Å²) in [4.78, 5) is 19.3. The SMILES string of the molecule is Cc1nc(C)n(CC2CCCN(C(=O)C(C)Cc3ccccc3Cl)C2)n1. The van der Waals surface area contributed by atoms with Crippen molar-refractivity contribution in [1.82, 2.24) is 19.7 Å². The topological polar surface area (TPSA) is 51.0 Å². The standard InChI is InChI=1S/C20H27ClN4O/c1-14(11-18-8-4-5-9-19(18)21)20(26)24-10-6-7-17(12-24)13-25-16(3)22-15(2)23-25/h4-5,8-9,14,17H,6-7,10-13H2,1-3H3. The third-order valence-electron chi connectivity index (χ3n) is 5.13. The number of likely N-dealkylation sites (tertiary alicyclic amines) is 1. The molecule has 1 amide bonds. The van der Waals surface area contributed by atoms with E-state index in [1.54, 1.807) is 0 Å². The molecule has 2 unspecified atom stereocenters. The lowest BCUT2D eigenvalue weighted by Gasteiger charge is -2.34. The molecule has 1 aromatic carbocycles.